The van der Waals surface area contributed by atoms with Crippen molar-refractivity contribution in [2.45, 2.75) is 20.0 Å². The van der Waals surface area contributed by atoms with E-state index in [0.29, 0.717) is 30.4 Å². The number of hydrogen-bond donors (Lipinski definition) is 1. The van der Waals surface area contributed by atoms with Crippen LogP contribution >= 0.6 is 0 Å². The van der Waals surface area contributed by atoms with Crippen LogP contribution in [0.5, 0.6) is 0 Å². The highest BCUT2D eigenvalue weighted by Crippen LogP contribution is 2.21. The molecule has 9 nitrogen and oxygen atoms in total. The second-order valence-corrected chi connectivity index (χ2v) is 8.26. The number of nitrogens with zero attached hydrogens (tertiary/aromatic N) is 5. The quantitative estimate of drug-likeness (QED) is 0.354. The number of ether oxygens (including phenoxy) is 1. The second-order valence-electron chi connectivity index (χ2n) is 8.26. The molecule has 9 heteroatoms. The van der Waals surface area contributed by atoms with Gasteiger partial charge in [0.2, 0.25) is 5.95 Å². The lowest BCUT2D eigenvalue weighted by molar-refractivity contribution is 0.0526. The number of nitrogen functional groups attached to an aromatic ring is 1. The highest BCUT2D eigenvalue weighted by molar-refractivity contribution is 5.89. The highest BCUT2D eigenvalue weighted by atomic mass is 16.5. The number of hydrogen-bond acceptors (Lipinski definition) is 7. The summed E-state index contributed by atoms with van der Waals surface area (Å²) in [5.41, 5.74) is 11.2. The molecule has 3 heterocycles. The van der Waals surface area contributed by atoms with Gasteiger partial charge in [-0.25, -0.2) is 14.5 Å². The summed E-state index contributed by atoms with van der Waals surface area (Å²) in [4.78, 5) is 33.4. The molecule has 5 rings (SSSR count). The Balaban J connectivity index is 1.42. The van der Waals surface area contributed by atoms with Gasteiger partial charge in [0, 0.05) is 24.0 Å². The third kappa shape index (κ3) is 4.72. The zero-order valence-electron chi connectivity index (χ0n) is 19.7. The molecule has 5 aromatic rings. The molecule has 2 N–H and O–H groups in total. The zero-order valence-corrected chi connectivity index (χ0v) is 19.7. The zero-order chi connectivity index (χ0) is 25.1. The Hall–Kier alpha value is -4.79. The van der Waals surface area contributed by atoms with Gasteiger partial charge >= 0.3 is 5.97 Å². The molecule has 0 spiro atoms. The fourth-order valence-corrected chi connectivity index (χ4v) is 4.06. The minimum Gasteiger partial charge on any atom is -0.462 e. The van der Waals surface area contributed by atoms with Crippen molar-refractivity contribution in [2.24, 2.45) is 0 Å². The van der Waals surface area contributed by atoms with Gasteiger partial charge in [-0.15, -0.1) is 0 Å². The van der Waals surface area contributed by atoms with Crippen LogP contribution in [0.4, 0.5) is 5.95 Å². The number of nitrogens with two attached hydrogens (primary N) is 1. The van der Waals surface area contributed by atoms with Crippen LogP contribution in [-0.4, -0.2) is 36.9 Å². The Labute approximate surface area is 206 Å². The van der Waals surface area contributed by atoms with E-state index in [0.717, 1.165) is 27.7 Å². The van der Waals surface area contributed by atoms with E-state index in [1.165, 1.54) is 10.7 Å². The summed E-state index contributed by atoms with van der Waals surface area (Å²) in [6.07, 6.45) is 3.48. The molecule has 0 aliphatic carbocycles. The molecule has 180 valence electrons. The molecule has 36 heavy (non-hydrogen) atoms. The largest absolute Gasteiger partial charge is 0.462 e. The Morgan fingerprint density at radius 2 is 1.83 bits per heavy atom. The lowest BCUT2D eigenvalue weighted by Gasteiger charge is -2.10. The number of carbonyl (C=O) groups is 1. The normalized spacial score (nSPS) is 11.0. The van der Waals surface area contributed by atoms with Crippen LogP contribution in [0.2, 0.25) is 0 Å². The number of benzene rings is 2. The average Bonchev–Trinajstić information content (AvgIpc) is 3.20. The first kappa shape index (κ1) is 23.0. The molecular weight excluding hydrogens is 456 g/mol. The maximum atomic E-state index is 12.5. The van der Waals surface area contributed by atoms with E-state index in [1.807, 2.05) is 41.0 Å². The molecule has 0 bridgehead atoms. The lowest BCUT2D eigenvalue weighted by atomic mass is 10.1. The molecular formula is C27H24N6O3. The number of aromatic nitrogens is 5. The Morgan fingerprint density at radius 1 is 0.972 bits per heavy atom. The molecule has 0 radical (unpaired) electrons. The molecule has 0 saturated carbocycles. The molecule has 0 saturated heterocycles. The topological polar surface area (TPSA) is 118 Å². The molecule has 0 aliphatic heterocycles. The van der Waals surface area contributed by atoms with Gasteiger partial charge in [-0.1, -0.05) is 24.3 Å². The van der Waals surface area contributed by atoms with Crippen LogP contribution in [0.1, 0.15) is 28.4 Å². The minimum absolute atomic E-state index is 0.213. The van der Waals surface area contributed by atoms with Crippen LogP contribution in [-0.2, 0) is 17.8 Å². The van der Waals surface area contributed by atoms with Gasteiger partial charge in [0.15, 0.2) is 0 Å². The van der Waals surface area contributed by atoms with Gasteiger partial charge in [-0.3, -0.25) is 9.78 Å². The van der Waals surface area contributed by atoms with E-state index in [2.05, 4.69) is 15.1 Å². The first-order valence-corrected chi connectivity index (χ1v) is 11.5. The molecule has 0 aliphatic rings. The van der Waals surface area contributed by atoms with E-state index in [9.17, 15) is 9.59 Å². The van der Waals surface area contributed by atoms with Crippen molar-refractivity contribution in [3.05, 3.63) is 106 Å². The number of anilines is 1. The monoisotopic (exact) mass is 480 g/mol. The highest BCUT2D eigenvalue weighted by Gasteiger charge is 2.11. The van der Waals surface area contributed by atoms with E-state index >= 15 is 0 Å². The fraction of sp³-hybridized carbons (Fsp3) is 0.148. The molecule has 3 aromatic heterocycles. The van der Waals surface area contributed by atoms with Crippen LogP contribution in [0, 0.1) is 0 Å². The first-order chi connectivity index (χ1) is 17.5. The maximum Gasteiger partial charge on any atom is 0.338 e. The Bertz CT molecular complexity index is 1620. The molecule has 0 atom stereocenters. The molecule has 0 amide bonds. The molecule has 0 fully saturated rings. The van der Waals surface area contributed by atoms with Crippen molar-refractivity contribution >= 4 is 23.0 Å². The fourth-order valence-electron chi connectivity index (χ4n) is 4.06. The number of esters is 1. The van der Waals surface area contributed by atoms with Crippen LogP contribution in [0.3, 0.4) is 0 Å². The number of rotatable bonds is 7. The lowest BCUT2D eigenvalue weighted by Crippen LogP contribution is -2.23. The Morgan fingerprint density at radius 3 is 2.69 bits per heavy atom. The minimum atomic E-state index is -0.400. The summed E-state index contributed by atoms with van der Waals surface area (Å²) in [6.45, 7) is 2.76. The summed E-state index contributed by atoms with van der Waals surface area (Å²) in [5, 5.41) is 4.56. The van der Waals surface area contributed by atoms with Crippen molar-refractivity contribution in [3.63, 3.8) is 0 Å². The van der Waals surface area contributed by atoms with Gasteiger partial charge < -0.3 is 15.0 Å². The van der Waals surface area contributed by atoms with Crippen molar-refractivity contribution in [1.82, 2.24) is 24.3 Å². The van der Waals surface area contributed by atoms with Crippen molar-refractivity contribution < 1.29 is 9.53 Å². The third-order valence-electron chi connectivity index (χ3n) is 5.75. The van der Waals surface area contributed by atoms with Gasteiger partial charge in [0.05, 0.1) is 42.0 Å². The van der Waals surface area contributed by atoms with Gasteiger partial charge in [0.25, 0.3) is 5.56 Å². The smallest absolute Gasteiger partial charge is 0.338 e. The Kier molecular flexibility index (Phi) is 6.27. The van der Waals surface area contributed by atoms with Crippen LogP contribution in [0.25, 0.3) is 22.3 Å². The number of para-hydroxylation sites is 2. The maximum absolute atomic E-state index is 12.5. The first-order valence-electron chi connectivity index (χ1n) is 11.5. The molecule has 0 unspecified atom stereocenters. The summed E-state index contributed by atoms with van der Waals surface area (Å²) >= 11 is 0. The van der Waals surface area contributed by atoms with E-state index in [1.54, 1.807) is 43.6 Å². The van der Waals surface area contributed by atoms with Gasteiger partial charge in [-0.05, 0) is 54.4 Å². The molecule has 2 aromatic carbocycles. The average molecular weight is 481 g/mol. The summed E-state index contributed by atoms with van der Waals surface area (Å²) in [5.74, 6) is 0.0286. The second kappa shape index (κ2) is 9.83. The van der Waals surface area contributed by atoms with Crippen molar-refractivity contribution in [2.75, 3.05) is 12.3 Å². The standard InChI is InChI=1S/C27H24N6O3/c1-2-36-26(35)20-7-5-6-18(12-20)17-33-25(34)11-10-22(31-33)21-13-19(14-29-15-21)16-32-24-9-4-3-8-23(24)30-27(32)28/h3-15H,2,16-17H2,1H3,(H2,28,30). The van der Waals surface area contributed by atoms with E-state index in [-0.39, 0.29) is 12.1 Å². The van der Waals surface area contributed by atoms with Crippen LogP contribution in [0.15, 0.2) is 83.9 Å². The predicted molar refractivity (Wildman–Crippen MR) is 136 cm³/mol. The number of fused-ring (bicyclic) bond motifs is 1. The predicted octanol–water partition coefficient (Wildman–Crippen LogP) is 3.51. The van der Waals surface area contributed by atoms with Gasteiger partial charge in [0.1, 0.15) is 0 Å². The number of imidazole rings is 1. The summed E-state index contributed by atoms with van der Waals surface area (Å²) < 4.78 is 8.37. The van der Waals surface area contributed by atoms with E-state index in [4.69, 9.17) is 10.5 Å². The summed E-state index contributed by atoms with van der Waals surface area (Å²) in [7, 11) is 0. The summed E-state index contributed by atoms with van der Waals surface area (Å²) in [6, 6.07) is 19.9. The SMILES string of the molecule is CCOC(=O)c1cccc(Cn2nc(-c3cncc(Cn4c(N)nc5ccccc54)c3)ccc2=O)c1. The number of pyridine rings is 1. The van der Waals surface area contributed by atoms with Gasteiger partial charge in [-0.2, -0.15) is 5.10 Å². The number of carbonyl (C=O) groups excluding carboxylic acids is 1. The van der Waals surface area contributed by atoms with Crippen molar-refractivity contribution in [1.29, 1.82) is 0 Å². The van der Waals surface area contributed by atoms with Crippen LogP contribution < -0.4 is 11.3 Å². The third-order valence-corrected chi connectivity index (χ3v) is 5.75. The van der Waals surface area contributed by atoms with Crippen molar-refractivity contribution in [3.8, 4) is 11.3 Å². The van der Waals surface area contributed by atoms with E-state index < -0.39 is 5.97 Å².